The molecule has 3 aliphatic heterocycles. The number of aromatic nitrogens is 1. The van der Waals surface area contributed by atoms with Crippen LogP contribution in [0.15, 0.2) is 65.5 Å². The van der Waals surface area contributed by atoms with E-state index in [1.165, 1.54) is 17.7 Å². The molecule has 0 unspecified atom stereocenters. The van der Waals surface area contributed by atoms with Gasteiger partial charge in [0.2, 0.25) is 5.69 Å². The van der Waals surface area contributed by atoms with Crippen LogP contribution in [-0.2, 0) is 47.2 Å². The van der Waals surface area contributed by atoms with Gasteiger partial charge < -0.3 is 27.1 Å². The molecule has 5 rings (SSSR count). The second-order valence-electron chi connectivity index (χ2n) is 12.8. The van der Waals surface area contributed by atoms with Crippen molar-refractivity contribution in [1.29, 1.82) is 0 Å². The Balaban J connectivity index is 0.00000480. The molecule has 46 heavy (non-hydrogen) atoms. The molecule has 1 saturated heterocycles. The number of unbranched alkanes of at least 4 members (excludes halogenated alkanes) is 2. The molecule has 1 fully saturated rings. The van der Waals surface area contributed by atoms with Crippen molar-refractivity contribution in [2.45, 2.75) is 81.9 Å². The highest BCUT2D eigenvalue weighted by molar-refractivity contribution is 7.85. The van der Waals surface area contributed by atoms with E-state index in [0.717, 1.165) is 28.3 Å². The highest BCUT2D eigenvalue weighted by Gasteiger charge is 2.44. The Labute approximate surface area is 275 Å². The molecule has 1 aromatic carbocycles. The Kier molecular flexibility index (Phi) is 9.96. The number of nitrogens with zero attached hydrogens (tertiary/aromatic N) is 3. The van der Waals surface area contributed by atoms with Gasteiger partial charge in [-0.3, -0.25) is 9.59 Å². The molecular formula is C33H39ClN4O7S. The lowest BCUT2D eigenvalue weighted by atomic mass is 9.81. The van der Waals surface area contributed by atoms with Gasteiger partial charge in [-0.15, -0.1) is 5.06 Å². The van der Waals surface area contributed by atoms with E-state index in [4.69, 9.17) is 4.84 Å². The van der Waals surface area contributed by atoms with Crippen molar-refractivity contribution in [3.63, 3.8) is 0 Å². The lowest BCUT2D eigenvalue weighted by Crippen LogP contribution is -3.00. The topological polar surface area (TPSA) is 140 Å². The van der Waals surface area contributed by atoms with E-state index in [1.54, 1.807) is 6.07 Å². The number of carbonyl (C=O) groups excluding carboxylic acids is 3. The van der Waals surface area contributed by atoms with Crippen LogP contribution in [0.3, 0.4) is 0 Å². The molecule has 11 nitrogen and oxygen atoms in total. The monoisotopic (exact) mass is 670 g/mol. The Morgan fingerprint density at radius 2 is 1.74 bits per heavy atom. The summed E-state index contributed by atoms with van der Waals surface area (Å²) in [5.74, 6) is -1.64. The number of hydrogen-bond donors (Lipinski definition) is 1. The lowest BCUT2D eigenvalue weighted by molar-refractivity contribution is -0.671. The normalized spacial score (nSPS) is 19.0. The number of benzene rings is 1. The minimum atomic E-state index is -4.63. The Hall–Kier alpha value is -3.87. The van der Waals surface area contributed by atoms with E-state index in [-0.39, 0.29) is 42.0 Å². The fourth-order valence-corrected chi connectivity index (χ4v) is 6.71. The van der Waals surface area contributed by atoms with Gasteiger partial charge in [0.15, 0.2) is 18.1 Å². The van der Waals surface area contributed by atoms with E-state index in [9.17, 15) is 27.4 Å². The Bertz CT molecular complexity index is 1780. The van der Waals surface area contributed by atoms with Crippen LogP contribution in [0.4, 0.5) is 11.4 Å². The van der Waals surface area contributed by atoms with Gasteiger partial charge in [0.25, 0.3) is 11.8 Å². The van der Waals surface area contributed by atoms with Crippen LogP contribution in [0.25, 0.3) is 0 Å². The first-order valence-corrected chi connectivity index (χ1v) is 16.5. The number of fused-ring (bicyclic) bond motifs is 2. The van der Waals surface area contributed by atoms with Crippen LogP contribution < -0.4 is 22.3 Å². The lowest BCUT2D eigenvalue weighted by Gasteiger charge is -2.19. The first-order valence-electron chi connectivity index (χ1n) is 15.1. The average molecular weight is 671 g/mol. The number of nitrogens with one attached hydrogen (secondary N) is 1. The minimum absolute atomic E-state index is 0. The van der Waals surface area contributed by atoms with E-state index < -0.39 is 33.3 Å². The molecule has 0 aliphatic carbocycles. The zero-order chi connectivity index (χ0) is 32.7. The van der Waals surface area contributed by atoms with Crippen LogP contribution in [-0.4, -0.2) is 52.6 Å². The van der Waals surface area contributed by atoms with E-state index in [2.05, 4.69) is 42.1 Å². The maximum absolute atomic E-state index is 12.2. The molecule has 0 spiro atoms. The summed E-state index contributed by atoms with van der Waals surface area (Å²) in [4.78, 5) is 40.3. The summed E-state index contributed by atoms with van der Waals surface area (Å²) in [6.07, 6.45) is 12.2. The molecule has 1 aromatic heterocycles. The van der Waals surface area contributed by atoms with Crippen LogP contribution in [0.5, 0.6) is 0 Å². The third-order valence-electron chi connectivity index (χ3n) is 8.85. The molecular weight excluding hydrogens is 632 g/mol. The van der Waals surface area contributed by atoms with Crippen molar-refractivity contribution in [2.75, 3.05) is 11.9 Å². The van der Waals surface area contributed by atoms with Crippen molar-refractivity contribution in [1.82, 2.24) is 5.06 Å². The molecule has 3 aliphatic rings. The first kappa shape index (κ1) is 35.0. The highest BCUT2D eigenvalue weighted by Crippen LogP contribution is 2.43. The number of hydrogen-bond acceptors (Lipinski definition) is 8. The number of amides is 2. The quantitative estimate of drug-likeness (QED) is 0.170. The smallest absolute Gasteiger partial charge is 0.333 e. The second kappa shape index (κ2) is 13.1. The summed E-state index contributed by atoms with van der Waals surface area (Å²) < 4.78 is 39.7. The fourth-order valence-electron chi connectivity index (χ4n) is 6.21. The zero-order valence-electron chi connectivity index (χ0n) is 26.6. The first-order chi connectivity index (χ1) is 21.1. The molecule has 13 heteroatoms. The number of rotatable bonds is 10. The predicted octanol–water partition coefficient (Wildman–Crippen LogP) is 0.806. The molecule has 0 atom stereocenters. The number of carbonyl (C=O) groups is 3. The summed E-state index contributed by atoms with van der Waals surface area (Å²) in [5, 5.41) is 4.09. The molecule has 0 radical (unpaired) electrons. The molecule has 2 amide bonds. The largest absolute Gasteiger partial charge is 1.00 e. The highest BCUT2D eigenvalue weighted by atomic mass is 35.5. The molecule has 4 heterocycles. The average Bonchev–Trinajstić information content (AvgIpc) is 3.49. The summed E-state index contributed by atoms with van der Waals surface area (Å²) in [6.45, 7) is 8.93. The van der Waals surface area contributed by atoms with Gasteiger partial charge in [-0.1, -0.05) is 6.08 Å². The van der Waals surface area contributed by atoms with Gasteiger partial charge in [-0.2, -0.15) is 4.58 Å². The maximum atomic E-state index is 12.2. The van der Waals surface area contributed by atoms with Crippen LogP contribution in [0.1, 0.15) is 77.3 Å². The number of anilines is 1. The number of aryl methyl sites for hydroxylation is 1. The van der Waals surface area contributed by atoms with Crippen LogP contribution in [0.2, 0.25) is 0 Å². The number of halogens is 1. The summed E-state index contributed by atoms with van der Waals surface area (Å²) >= 11 is 0. The third kappa shape index (κ3) is 6.79. The molecule has 246 valence electrons. The Morgan fingerprint density at radius 1 is 1.04 bits per heavy atom. The predicted molar refractivity (Wildman–Crippen MR) is 164 cm³/mol. The van der Waals surface area contributed by atoms with Gasteiger partial charge in [0, 0.05) is 60.6 Å². The van der Waals surface area contributed by atoms with Crippen molar-refractivity contribution in [3.05, 3.63) is 71.7 Å². The SMILES string of the molecule is C[n+]1ccc2c(c1)C(C)(C)/C(=C/C=C/C1=[N+](CCCCCC(=O)ON3C(=O)CCC3=O)c3ccc(S(=O)(=O)[O-])cc3C1(C)C)N2.[Cl-]. The van der Waals surface area contributed by atoms with Crippen LogP contribution in [0, 0.1) is 0 Å². The van der Waals surface area contributed by atoms with Gasteiger partial charge >= 0.3 is 5.97 Å². The Morgan fingerprint density at radius 3 is 2.41 bits per heavy atom. The summed E-state index contributed by atoms with van der Waals surface area (Å²) in [5.41, 5.74) is 4.99. The molecule has 0 bridgehead atoms. The van der Waals surface area contributed by atoms with E-state index in [0.29, 0.717) is 30.9 Å². The molecule has 1 N–H and O–H groups in total. The molecule has 0 saturated carbocycles. The zero-order valence-corrected chi connectivity index (χ0v) is 28.2. The second-order valence-corrected chi connectivity index (χ2v) is 14.2. The van der Waals surface area contributed by atoms with Crippen LogP contribution >= 0.6 is 0 Å². The standard InChI is InChI=1S/C33H38N4O7S.ClH/c1-32(2)24-21-35(5)19-17-25(24)34-27(32)10-9-11-28-33(3,4)23-20-22(45(41,42)43)13-14-26(23)36(28)18-8-6-7-12-31(40)44-37-29(38)15-16-30(37)39;/h9-11,13-14,17,19-21H,6-8,12,15-16,18H2,1-5H3;1H. The van der Waals surface area contributed by atoms with Crippen molar-refractivity contribution < 1.29 is 53.7 Å². The van der Waals surface area contributed by atoms with E-state index >= 15 is 0 Å². The van der Waals surface area contributed by atoms with Gasteiger partial charge in [0.05, 0.1) is 21.6 Å². The number of allylic oxidation sites excluding steroid dienone is 4. The van der Waals surface area contributed by atoms with Gasteiger partial charge in [-0.05, 0) is 58.7 Å². The summed E-state index contributed by atoms with van der Waals surface area (Å²) in [7, 11) is -2.64. The maximum Gasteiger partial charge on any atom is 0.333 e. The van der Waals surface area contributed by atoms with Gasteiger partial charge in [0.1, 0.15) is 23.7 Å². The summed E-state index contributed by atoms with van der Waals surface area (Å²) in [6, 6.07) is 6.56. The van der Waals surface area contributed by atoms with Crippen molar-refractivity contribution in [2.24, 2.45) is 7.05 Å². The number of pyridine rings is 1. The van der Waals surface area contributed by atoms with Crippen molar-refractivity contribution >= 4 is 45.0 Å². The van der Waals surface area contributed by atoms with Gasteiger partial charge in [-0.25, -0.2) is 17.8 Å². The van der Waals surface area contributed by atoms with E-state index in [1.807, 2.05) is 43.8 Å². The van der Waals surface area contributed by atoms with Crippen molar-refractivity contribution in [3.8, 4) is 0 Å². The minimum Gasteiger partial charge on any atom is -1.00 e. The number of hydroxylamine groups is 2. The third-order valence-corrected chi connectivity index (χ3v) is 9.68. The fraction of sp³-hybridized carbons (Fsp3) is 0.424. The number of imide groups is 1. The molecule has 2 aromatic rings.